The molecular weight excluding hydrogens is 959 g/mol. The van der Waals surface area contributed by atoms with E-state index in [1.54, 1.807) is 12.1 Å². The quantitative estimate of drug-likeness (QED) is 0.135. The van der Waals surface area contributed by atoms with Gasteiger partial charge in [0.15, 0.2) is 0 Å². The average molecular weight is 1010 g/mol. The maximum atomic E-state index is 13.7. The van der Waals surface area contributed by atoms with Crippen molar-refractivity contribution >= 4 is 5.82 Å². The summed E-state index contributed by atoms with van der Waals surface area (Å²) in [6.07, 6.45) is 3.99. The molecule has 0 amide bonds. The number of halogens is 2. The second-order valence-corrected chi connectivity index (χ2v) is 15.9. The Morgan fingerprint density at radius 3 is 1.46 bits per heavy atom. The van der Waals surface area contributed by atoms with Gasteiger partial charge in [-0.1, -0.05) is 119 Å². The van der Waals surface area contributed by atoms with Crippen molar-refractivity contribution in [1.29, 1.82) is 0 Å². The Kier molecular flexibility index (Phi) is 14.2. The predicted molar refractivity (Wildman–Crippen MR) is 249 cm³/mol. The summed E-state index contributed by atoms with van der Waals surface area (Å²) in [5.74, 6) is 0.830. The van der Waals surface area contributed by atoms with Crippen molar-refractivity contribution in [2.75, 3.05) is 11.9 Å². The van der Waals surface area contributed by atoms with Crippen LogP contribution in [0.4, 0.5) is 14.6 Å². The number of anilines is 1. The molecule has 1 aliphatic heterocycles. The first-order valence-electron chi connectivity index (χ1n) is 20.8. The Morgan fingerprint density at radius 2 is 1.00 bits per heavy atom. The minimum absolute atomic E-state index is 0. The number of nitrogens with zero attached hydrogens (tertiary/aromatic N) is 4. The molecule has 0 N–H and O–H groups in total. The van der Waals surface area contributed by atoms with Crippen molar-refractivity contribution in [1.82, 2.24) is 14.9 Å². The third kappa shape index (κ3) is 10.6. The molecule has 0 unspecified atom stereocenters. The Morgan fingerprint density at radius 1 is 0.508 bits per heavy atom. The monoisotopic (exact) mass is 1010 g/mol. The Hall–Kier alpha value is -6.53. The van der Waals surface area contributed by atoms with Gasteiger partial charge in [0.25, 0.3) is 0 Å². The first-order valence-corrected chi connectivity index (χ1v) is 20.8. The molecule has 0 bridgehead atoms. The molecule has 1 radical (unpaired) electrons. The fourth-order valence-electron chi connectivity index (χ4n) is 7.53. The van der Waals surface area contributed by atoms with Gasteiger partial charge in [-0.3, -0.25) is 13.8 Å². The van der Waals surface area contributed by atoms with E-state index < -0.39 is 0 Å². The summed E-state index contributed by atoms with van der Waals surface area (Å²) in [4.78, 5) is 13.7. The van der Waals surface area contributed by atoms with E-state index in [2.05, 4.69) is 113 Å². The second-order valence-electron chi connectivity index (χ2n) is 15.9. The van der Waals surface area contributed by atoms with E-state index in [0.29, 0.717) is 11.8 Å². The predicted octanol–water partition coefficient (Wildman–Crippen LogP) is 14.4. The van der Waals surface area contributed by atoms with Crippen LogP contribution in [0.15, 0.2) is 170 Å². The SMILES string of the molecule is CC(C)c1cc(-c2ccccc2)cc(C(C)C)c1-c1cc(-c2[c-]cc(F)cc2)nc(N2C=CN(C)[CH-]2)c1.Fc1c[c-]c(-c2cc(-c3ccccc3)cc(-c3[c-]cccc3)n2)cc1.[Ir]. The summed E-state index contributed by atoms with van der Waals surface area (Å²) in [6.45, 7) is 11.0. The molecule has 317 valence electrons. The van der Waals surface area contributed by atoms with E-state index in [-0.39, 0.29) is 31.7 Å². The van der Waals surface area contributed by atoms with Gasteiger partial charge in [-0.05, 0) is 98.9 Å². The molecule has 63 heavy (non-hydrogen) atoms. The van der Waals surface area contributed by atoms with Crippen molar-refractivity contribution in [3.05, 3.63) is 218 Å². The van der Waals surface area contributed by atoms with Crippen LogP contribution >= 0.6 is 0 Å². The number of aromatic nitrogens is 2. The molecule has 0 saturated carbocycles. The summed E-state index contributed by atoms with van der Waals surface area (Å²) in [5, 5.41) is 0. The fraction of sp³-hybridized carbons (Fsp3) is 0.125. The number of rotatable bonds is 9. The van der Waals surface area contributed by atoms with E-state index in [9.17, 15) is 8.78 Å². The van der Waals surface area contributed by atoms with Crippen LogP contribution in [0.5, 0.6) is 0 Å². The second kappa shape index (κ2) is 20.1. The molecular formula is C56H46F2IrN4-4. The van der Waals surface area contributed by atoms with E-state index in [4.69, 9.17) is 9.97 Å². The number of hydrogen-bond acceptors (Lipinski definition) is 4. The average Bonchev–Trinajstić information content (AvgIpc) is 3.76. The molecule has 7 heteroatoms. The minimum atomic E-state index is -0.307. The summed E-state index contributed by atoms with van der Waals surface area (Å²) < 4.78 is 26.9. The summed E-state index contributed by atoms with van der Waals surface area (Å²) in [5.41, 5.74) is 14.3. The van der Waals surface area contributed by atoms with Gasteiger partial charge in [0.1, 0.15) is 0 Å². The summed E-state index contributed by atoms with van der Waals surface area (Å²) in [6, 6.07) is 59.7. The molecule has 6 aromatic carbocycles. The molecule has 0 spiro atoms. The van der Waals surface area contributed by atoms with E-state index in [1.165, 1.54) is 52.1 Å². The topological polar surface area (TPSA) is 32.3 Å². The molecule has 0 fully saturated rings. The van der Waals surface area contributed by atoms with Gasteiger partial charge in [0.05, 0.1) is 5.82 Å². The van der Waals surface area contributed by atoms with Gasteiger partial charge in [-0.15, -0.1) is 102 Å². The Labute approximate surface area is 384 Å². The molecule has 0 atom stereocenters. The number of hydrogen-bond donors (Lipinski definition) is 0. The van der Waals surface area contributed by atoms with Gasteiger partial charge >= 0.3 is 0 Å². The van der Waals surface area contributed by atoms with Gasteiger partial charge in [0.2, 0.25) is 0 Å². The van der Waals surface area contributed by atoms with Crippen LogP contribution in [0.25, 0.3) is 67.2 Å². The first-order chi connectivity index (χ1) is 30.1. The zero-order valence-electron chi connectivity index (χ0n) is 35.8. The number of pyridine rings is 2. The van der Waals surface area contributed by atoms with Crippen LogP contribution in [0.2, 0.25) is 0 Å². The summed E-state index contributed by atoms with van der Waals surface area (Å²) in [7, 11) is 1.99. The van der Waals surface area contributed by atoms with Crippen LogP contribution in [0, 0.1) is 36.5 Å². The standard InChI is InChI=1S/C33H32FN3.C23H14FN.Ir/c1-22(2)29-17-26(24-9-7-6-8-10-24)18-30(23(3)4)33(29)27-19-31(25-11-13-28(34)14-12-25)35-32(20-27)37-16-15-36(5)21-37;24-21-13-11-19(12-14-21)23-16-20(17-7-3-1-4-8-17)15-22(25-23)18-9-5-2-6-10-18;/h6-11,13-23H,1-5H3;1-9,11,13-16H;/q2*-2;. The summed E-state index contributed by atoms with van der Waals surface area (Å²) >= 11 is 0. The van der Waals surface area contributed by atoms with E-state index >= 15 is 0 Å². The van der Waals surface area contributed by atoms with Crippen LogP contribution in [-0.4, -0.2) is 21.9 Å². The van der Waals surface area contributed by atoms with E-state index in [0.717, 1.165) is 56.3 Å². The third-order valence-electron chi connectivity index (χ3n) is 10.7. The molecule has 1 aliphatic rings. The smallest absolute Gasteiger partial charge is 0.0949 e. The number of benzene rings is 6. The normalized spacial score (nSPS) is 12.0. The van der Waals surface area contributed by atoms with Crippen LogP contribution in [0.1, 0.15) is 50.7 Å². The van der Waals surface area contributed by atoms with E-state index in [1.807, 2.05) is 90.5 Å². The molecule has 4 nitrogen and oxygen atoms in total. The molecule has 9 rings (SSSR count). The third-order valence-corrected chi connectivity index (χ3v) is 10.7. The van der Waals surface area contributed by atoms with Crippen molar-refractivity contribution < 1.29 is 28.9 Å². The van der Waals surface area contributed by atoms with Crippen molar-refractivity contribution in [3.63, 3.8) is 0 Å². The minimum Gasteiger partial charge on any atom is -0.510 e. The first kappa shape index (κ1) is 44.5. The Bertz CT molecular complexity index is 2710. The molecule has 0 saturated heterocycles. The molecule has 8 aromatic rings. The van der Waals surface area contributed by atoms with Crippen molar-refractivity contribution in [2.24, 2.45) is 0 Å². The zero-order chi connectivity index (χ0) is 43.2. The molecule has 0 aliphatic carbocycles. The van der Waals surface area contributed by atoms with Crippen molar-refractivity contribution in [3.8, 4) is 67.2 Å². The van der Waals surface area contributed by atoms with Gasteiger partial charge in [-0.25, -0.2) is 0 Å². The van der Waals surface area contributed by atoms with Crippen molar-refractivity contribution in [2.45, 2.75) is 39.5 Å². The zero-order valence-corrected chi connectivity index (χ0v) is 38.2. The molecule has 2 aromatic heterocycles. The van der Waals surface area contributed by atoms with Crippen LogP contribution in [0.3, 0.4) is 0 Å². The van der Waals surface area contributed by atoms with Crippen LogP contribution in [-0.2, 0) is 20.1 Å². The van der Waals surface area contributed by atoms with Gasteiger partial charge in [-0.2, -0.15) is 0 Å². The largest absolute Gasteiger partial charge is 0.510 e. The van der Waals surface area contributed by atoms with Crippen LogP contribution < -0.4 is 4.90 Å². The Balaban J connectivity index is 0.000000200. The maximum absolute atomic E-state index is 13.7. The van der Waals surface area contributed by atoms with Gasteiger partial charge < -0.3 is 14.8 Å². The maximum Gasteiger partial charge on any atom is 0.0949 e. The van der Waals surface area contributed by atoms with Gasteiger partial charge in [0, 0.05) is 31.7 Å². The fourth-order valence-corrected chi connectivity index (χ4v) is 7.53. The molecule has 3 heterocycles.